The number of rotatable bonds is 7. The van der Waals surface area contributed by atoms with E-state index in [1.54, 1.807) is 55.7 Å². The van der Waals surface area contributed by atoms with Crippen LogP contribution < -0.4 is 14.8 Å². The van der Waals surface area contributed by atoms with Gasteiger partial charge in [-0.1, -0.05) is 35.1 Å². The number of halogens is 2. The number of amides is 1. The molecular formula is C24H21ClFN3O4S. The van der Waals surface area contributed by atoms with Crippen LogP contribution in [0.4, 0.5) is 4.39 Å². The largest absolute Gasteiger partial charge is 0.503 e. The van der Waals surface area contributed by atoms with Gasteiger partial charge in [-0.2, -0.15) is 0 Å². The fourth-order valence-corrected chi connectivity index (χ4v) is 4.63. The number of alkyl halides is 1. The van der Waals surface area contributed by atoms with Crippen molar-refractivity contribution >= 4 is 39.9 Å². The Labute approximate surface area is 203 Å². The zero-order chi connectivity index (χ0) is 24.4. The van der Waals surface area contributed by atoms with Crippen LogP contribution in [0.3, 0.4) is 0 Å². The van der Waals surface area contributed by atoms with Crippen LogP contribution in [0, 0.1) is 0 Å². The third-order valence-electron chi connectivity index (χ3n) is 5.27. The van der Waals surface area contributed by atoms with Gasteiger partial charge >= 0.3 is 0 Å². The number of hydrogen-bond donors (Lipinski definition) is 1. The highest BCUT2D eigenvalue weighted by atomic mass is 35.5. The zero-order valence-electron chi connectivity index (χ0n) is 18.4. The predicted octanol–water partition coefficient (Wildman–Crippen LogP) is 3.77. The maximum absolute atomic E-state index is 12.9. The lowest BCUT2D eigenvalue weighted by molar-refractivity contribution is 0.0791. The van der Waals surface area contributed by atoms with Crippen molar-refractivity contribution in [1.29, 1.82) is 0 Å². The molecule has 0 atom stereocenters. The molecule has 0 bridgehead atoms. The third-order valence-corrected chi connectivity index (χ3v) is 6.55. The third kappa shape index (κ3) is 4.62. The number of imidazole rings is 1. The average Bonchev–Trinajstić information content (AvgIpc) is 3.38. The topological polar surface area (TPSA) is 84.1 Å². The Kier molecular flexibility index (Phi) is 6.85. The molecule has 10 heteroatoms. The van der Waals surface area contributed by atoms with Crippen LogP contribution in [0.5, 0.6) is 11.5 Å². The van der Waals surface area contributed by atoms with E-state index in [-0.39, 0.29) is 28.0 Å². The monoisotopic (exact) mass is 501 g/mol. The first-order chi connectivity index (χ1) is 16.3. The number of carbonyl (C=O) groups excluding carboxylic acids is 1. The van der Waals surface area contributed by atoms with Gasteiger partial charge in [0, 0.05) is 30.9 Å². The number of phenolic OH excluding ortho intramolecular Hbond substituents is 1. The summed E-state index contributed by atoms with van der Waals surface area (Å²) >= 11 is 7.26. The van der Waals surface area contributed by atoms with E-state index in [2.05, 4.69) is 4.98 Å². The Bertz CT molecular complexity index is 1470. The Morgan fingerprint density at radius 1 is 1.32 bits per heavy atom. The van der Waals surface area contributed by atoms with Crippen LogP contribution in [0.25, 0.3) is 22.3 Å². The summed E-state index contributed by atoms with van der Waals surface area (Å²) in [6, 6.07) is 10.1. The van der Waals surface area contributed by atoms with E-state index in [9.17, 15) is 19.1 Å². The number of ether oxygens (including phenoxy) is 1. The van der Waals surface area contributed by atoms with E-state index in [4.69, 9.17) is 16.3 Å². The molecule has 0 saturated carbocycles. The molecule has 0 unspecified atom stereocenters. The molecule has 1 N–H and O–H groups in total. The number of nitrogens with zero attached hydrogens (tertiary/aromatic N) is 3. The molecule has 2 aromatic carbocycles. The second-order valence-corrected chi connectivity index (χ2v) is 9.01. The minimum atomic E-state index is -0.466. The highest BCUT2D eigenvalue weighted by Crippen LogP contribution is 2.35. The van der Waals surface area contributed by atoms with Crippen LogP contribution in [-0.4, -0.2) is 52.7 Å². The van der Waals surface area contributed by atoms with Crippen molar-refractivity contribution in [2.24, 2.45) is 0 Å². The summed E-state index contributed by atoms with van der Waals surface area (Å²) in [4.78, 5) is 31.9. The van der Waals surface area contributed by atoms with Crippen molar-refractivity contribution in [2.45, 2.75) is 6.42 Å². The molecule has 1 amide bonds. The fraction of sp³-hybridized carbons (Fsp3) is 0.208. The summed E-state index contributed by atoms with van der Waals surface area (Å²) in [7, 11) is 3.06. The molecule has 0 radical (unpaired) electrons. The average molecular weight is 502 g/mol. The summed E-state index contributed by atoms with van der Waals surface area (Å²) in [5.74, 6) is -0.127. The van der Waals surface area contributed by atoms with Gasteiger partial charge in [0.1, 0.15) is 0 Å². The smallest absolute Gasteiger partial charge is 0.274 e. The maximum atomic E-state index is 12.9. The summed E-state index contributed by atoms with van der Waals surface area (Å²) in [6.45, 7) is -0.116. The first kappa shape index (κ1) is 23.7. The van der Waals surface area contributed by atoms with Gasteiger partial charge in [-0.25, -0.2) is 4.98 Å². The first-order valence-electron chi connectivity index (χ1n) is 10.3. The highest BCUT2D eigenvalue weighted by molar-refractivity contribution is 7.15. The Morgan fingerprint density at radius 2 is 2.06 bits per heavy atom. The molecule has 176 valence electrons. The van der Waals surface area contributed by atoms with Crippen LogP contribution in [-0.2, 0) is 0 Å². The molecule has 0 fully saturated rings. The minimum absolute atomic E-state index is 0.122. The van der Waals surface area contributed by atoms with Crippen molar-refractivity contribution in [3.8, 4) is 22.8 Å². The lowest BCUT2D eigenvalue weighted by Gasteiger charge is -2.16. The van der Waals surface area contributed by atoms with Gasteiger partial charge in [0.15, 0.2) is 16.5 Å². The molecule has 0 saturated heterocycles. The Morgan fingerprint density at radius 3 is 2.71 bits per heavy atom. The number of benzene rings is 2. The molecule has 34 heavy (non-hydrogen) atoms. The van der Waals surface area contributed by atoms with Crippen LogP contribution in [0.2, 0.25) is 5.02 Å². The maximum Gasteiger partial charge on any atom is 0.274 e. The summed E-state index contributed by atoms with van der Waals surface area (Å²) in [5.41, 5.74) is 2.24. The number of aromatic hydroxyl groups is 1. The normalized spacial score (nSPS) is 11.8. The Balaban J connectivity index is 1.62. The second kappa shape index (κ2) is 9.82. The van der Waals surface area contributed by atoms with Crippen molar-refractivity contribution in [3.63, 3.8) is 0 Å². The molecule has 0 aliphatic rings. The zero-order valence-corrected chi connectivity index (χ0v) is 20.0. The summed E-state index contributed by atoms with van der Waals surface area (Å²) in [5, 5.41) is 10.0. The number of thiazole rings is 1. The first-order valence-corrected chi connectivity index (χ1v) is 11.5. The molecular weight excluding hydrogens is 481 g/mol. The molecule has 0 aliphatic heterocycles. The van der Waals surface area contributed by atoms with Gasteiger partial charge in [-0.3, -0.25) is 18.4 Å². The lowest BCUT2D eigenvalue weighted by Crippen LogP contribution is -2.27. The number of methoxy groups -OCH3 is 1. The number of aromatic nitrogens is 2. The fourth-order valence-electron chi connectivity index (χ4n) is 3.46. The standard InChI is InChI=1S/C24H21ClFN3O4S/c1-28(9-3-8-26)22(31)16-6-4-15(5-7-16)18-13-29-23(32)20(34-24(29)27-18)12-14-10-17(25)21(30)19(11-14)33-2/h4-7,10-13,30H,3,8-9H2,1-2H3/b20-12-. The Hall–Kier alpha value is -3.43. The van der Waals surface area contributed by atoms with E-state index in [1.807, 2.05) is 0 Å². The van der Waals surface area contributed by atoms with Crippen molar-refractivity contribution in [3.05, 3.63) is 73.6 Å². The molecule has 0 aliphatic carbocycles. The molecule has 2 aromatic heterocycles. The summed E-state index contributed by atoms with van der Waals surface area (Å²) in [6.07, 6.45) is 3.62. The number of fused-ring (bicyclic) bond motifs is 1. The van der Waals surface area contributed by atoms with Gasteiger partial charge in [0.25, 0.3) is 11.5 Å². The van der Waals surface area contributed by atoms with Gasteiger partial charge in [0.05, 0.1) is 29.0 Å². The van der Waals surface area contributed by atoms with Crippen molar-refractivity contribution in [2.75, 3.05) is 27.4 Å². The minimum Gasteiger partial charge on any atom is -0.503 e. The predicted molar refractivity (Wildman–Crippen MR) is 131 cm³/mol. The SMILES string of the molecule is COc1cc(/C=c2\sc3nc(-c4ccc(C(=O)N(C)CCCF)cc4)cn3c2=O)cc(Cl)c1O. The number of phenols is 1. The van der Waals surface area contributed by atoms with Gasteiger partial charge in [0.2, 0.25) is 0 Å². The summed E-state index contributed by atoms with van der Waals surface area (Å²) < 4.78 is 19.4. The van der Waals surface area contributed by atoms with E-state index in [1.165, 1.54) is 27.7 Å². The molecule has 2 heterocycles. The van der Waals surface area contributed by atoms with Crippen LogP contribution in [0.1, 0.15) is 22.3 Å². The molecule has 4 aromatic rings. The van der Waals surface area contributed by atoms with Crippen molar-refractivity contribution < 1.29 is 19.0 Å². The van der Waals surface area contributed by atoms with Gasteiger partial charge in [-0.05, 0) is 42.3 Å². The molecule has 0 spiro atoms. The van der Waals surface area contributed by atoms with E-state index < -0.39 is 6.67 Å². The van der Waals surface area contributed by atoms with Crippen molar-refractivity contribution in [1.82, 2.24) is 14.3 Å². The molecule has 4 rings (SSSR count). The van der Waals surface area contributed by atoms with Gasteiger partial charge in [-0.15, -0.1) is 0 Å². The van der Waals surface area contributed by atoms with Crippen LogP contribution in [0.15, 0.2) is 47.4 Å². The van der Waals surface area contributed by atoms with E-state index >= 15 is 0 Å². The van der Waals surface area contributed by atoms with E-state index in [0.717, 1.165) is 5.56 Å². The number of carbonyl (C=O) groups is 1. The van der Waals surface area contributed by atoms with Gasteiger partial charge < -0.3 is 14.7 Å². The van der Waals surface area contributed by atoms with E-state index in [0.29, 0.717) is 39.3 Å². The number of hydrogen-bond acceptors (Lipinski definition) is 6. The van der Waals surface area contributed by atoms with Crippen LogP contribution >= 0.6 is 22.9 Å². The quantitative estimate of drug-likeness (QED) is 0.417. The molecule has 7 nitrogen and oxygen atoms in total. The lowest BCUT2D eigenvalue weighted by atomic mass is 10.1. The highest BCUT2D eigenvalue weighted by Gasteiger charge is 2.14. The second-order valence-electron chi connectivity index (χ2n) is 7.59.